The maximum absolute atomic E-state index is 10.7. The van der Waals surface area contributed by atoms with Crippen LogP contribution >= 0.6 is 15.9 Å². The Morgan fingerprint density at radius 2 is 1.95 bits per heavy atom. The van der Waals surface area contributed by atoms with Crippen LogP contribution in [0.4, 0.5) is 5.69 Å². The first-order chi connectivity index (χ1) is 9.61. The molecule has 0 aliphatic carbocycles. The van der Waals surface area contributed by atoms with Gasteiger partial charge in [-0.3, -0.25) is 10.1 Å². The predicted octanol–water partition coefficient (Wildman–Crippen LogP) is 4.50. The molecule has 0 saturated carbocycles. The summed E-state index contributed by atoms with van der Waals surface area (Å²) < 4.78 is 6.48. The standard InChI is InChI=1S/C15H14BrNO3/c1-2-11-5-3-4-6-15(11)20-10-12-7-8-13(17(18)19)9-14(12)16/h3-9H,2,10H2,1H3. The number of hydrogen-bond donors (Lipinski definition) is 0. The maximum atomic E-state index is 10.7. The Kier molecular flexibility index (Phi) is 4.74. The average molecular weight is 336 g/mol. The van der Waals surface area contributed by atoms with Crippen molar-refractivity contribution in [3.8, 4) is 5.75 Å². The Labute approximate surface area is 125 Å². The van der Waals surface area contributed by atoms with Crippen molar-refractivity contribution in [3.63, 3.8) is 0 Å². The summed E-state index contributed by atoms with van der Waals surface area (Å²) in [5.41, 5.74) is 2.08. The van der Waals surface area contributed by atoms with Gasteiger partial charge < -0.3 is 4.74 Å². The van der Waals surface area contributed by atoms with Crippen LogP contribution in [-0.2, 0) is 13.0 Å². The van der Waals surface area contributed by atoms with Crippen LogP contribution in [0.15, 0.2) is 46.9 Å². The average Bonchev–Trinajstić information content (AvgIpc) is 2.46. The fraction of sp³-hybridized carbons (Fsp3) is 0.200. The van der Waals surface area contributed by atoms with Gasteiger partial charge in [0.2, 0.25) is 0 Å². The van der Waals surface area contributed by atoms with Crippen molar-refractivity contribution in [2.45, 2.75) is 20.0 Å². The molecular weight excluding hydrogens is 322 g/mol. The van der Waals surface area contributed by atoms with E-state index in [1.165, 1.54) is 12.1 Å². The van der Waals surface area contributed by atoms with Crippen LogP contribution in [0.2, 0.25) is 0 Å². The zero-order valence-corrected chi connectivity index (χ0v) is 12.6. The number of non-ortho nitro benzene ring substituents is 1. The van der Waals surface area contributed by atoms with Gasteiger partial charge in [0, 0.05) is 22.2 Å². The van der Waals surface area contributed by atoms with Gasteiger partial charge in [-0.25, -0.2) is 0 Å². The second-order valence-corrected chi connectivity index (χ2v) is 5.14. The van der Waals surface area contributed by atoms with Crippen molar-refractivity contribution < 1.29 is 9.66 Å². The molecule has 0 N–H and O–H groups in total. The molecule has 2 aromatic rings. The molecule has 0 heterocycles. The lowest BCUT2D eigenvalue weighted by Crippen LogP contribution is -1.99. The highest BCUT2D eigenvalue weighted by Crippen LogP contribution is 2.25. The molecule has 0 aliphatic rings. The van der Waals surface area contributed by atoms with Crippen LogP contribution in [-0.4, -0.2) is 4.92 Å². The van der Waals surface area contributed by atoms with E-state index >= 15 is 0 Å². The van der Waals surface area contributed by atoms with E-state index < -0.39 is 4.92 Å². The Morgan fingerprint density at radius 1 is 1.20 bits per heavy atom. The molecule has 0 aromatic heterocycles. The van der Waals surface area contributed by atoms with Gasteiger partial charge in [0.05, 0.1) is 4.92 Å². The number of rotatable bonds is 5. The molecule has 20 heavy (non-hydrogen) atoms. The van der Waals surface area contributed by atoms with Crippen LogP contribution in [0, 0.1) is 10.1 Å². The number of hydrogen-bond acceptors (Lipinski definition) is 3. The topological polar surface area (TPSA) is 52.4 Å². The van der Waals surface area contributed by atoms with Crippen molar-refractivity contribution in [2.24, 2.45) is 0 Å². The van der Waals surface area contributed by atoms with Gasteiger partial charge in [-0.1, -0.05) is 41.1 Å². The van der Waals surface area contributed by atoms with E-state index in [9.17, 15) is 10.1 Å². The number of halogens is 1. The number of para-hydroxylation sites is 1. The lowest BCUT2D eigenvalue weighted by atomic mass is 10.1. The largest absolute Gasteiger partial charge is 0.489 e. The first kappa shape index (κ1) is 14.5. The molecule has 2 aromatic carbocycles. The summed E-state index contributed by atoms with van der Waals surface area (Å²) in [5, 5.41) is 10.7. The molecule has 0 radical (unpaired) electrons. The van der Waals surface area contributed by atoms with E-state index in [4.69, 9.17) is 4.74 Å². The summed E-state index contributed by atoms with van der Waals surface area (Å²) in [4.78, 5) is 10.3. The van der Waals surface area contributed by atoms with E-state index in [-0.39, 0.29) is 5.69 Å². The van der Waals surface area contributed by atoms with E-state index in [2.05, 4.69) is 22.9 Å². The van der Waals surface area contributed by atoms with Crippen LogP contribution in [0.1, 0.15) is 18.1 Å². The third-order valence-corrected chi connectivity index (χ3v) is 3.72. The Morgan fingerprint density at radius 3 is 2.60 bits per heavy atom. The minimum atomic E-state index is -0.415. The summed E-state index contributed by atoms with van der Waals surface area (Å²) in [7, 11) is 0. The van der Waals surface area contributed by atoms with E-state index in [0.29, 0.717) is 11.1 Å². The molecule has 0 aliphatic heterocycles. The fourth-order valence-corrected chi connectivity index (χ4v) is 2.34. The highest BCUT2D eigenvalue weighted by molar-refractivity contribution is 9.10. The second kappa shape index (κ2) is 6.52. The number of nitro groups is 1. The van der Waals surface area contributed by atoms with E-state index in [1.54, 1.807) is 6.07 Å². The van der Waals surface area contributed by atoms with Crippen LogP contribution in [0.3, 0.4) is 0 Å². The normalized spacial score (nSPS) is 10.3. The van der Waals surface area contributed by atoms with Crippen LogP contribution in [0.5, 0.6) is 5.75 Å². The molecule has 0 spiro atoms. The van der Waals surface area contributed by atoms with Gasteiger partial charge in [-0.15, -0.1) is 0 Å². The highest BCUT2D eigenvalue weighted by Gasteiger charge is 2.10. The van der Waals surface area contributed by atoms with Crippen LogP contribution in [0.25, 0.3) is 0 Å². The summed E-state index contributed by atoms with van der Waals surface area (Å²) in [6.45, 7) is 2.44. The van der Waals surface area contributed by atoms with E-state index in [0.717, 1.165) is 23.3 Å². The molecule has 4 nitrogen and oxygen atoms in total. The van der Waals surface area contributed by atoms with Gasteiger partial charge in [0.1, 0.15) is 12.4 Å². The molecule has 0 amide bonds. The first-order valence-corrected chi connectivity index (χ1v) is 7.04. The quantitative estimate of drug-likeness (QED) is 0.597. The molecule has 0 saturated heterocycles. The molecule has 2 rings (SSSR count). The van der Waals surface area contributed by atoms with Gasteiger partial charge in [-0.05, 0) is 24.1 Å². The van der Waals surface area contributed by atoms with Crippen molar-refractivity contribution in [1.82, 2.24) is 0 Å². The molecular formula is C15H14BrNO3. The smallest absolute Gasteiger partial charge is 0.270 e. The molecule has 104 valence electrons. The van der Waals surface area contributed by atoms with E-state index in [1.807, 2.05) is 24.3 Å². The zero-order valence-electron chi connectivity index (χ0n) is 11.0. The summed E-state index contributed by atoms with van der Waals surface area (Å²) in [6, 6.07) is 12.5. The molecule has 5 heteroatoms. The molecule has 0 fully saturated rings. The highest BCUT2D eigenvalue weighted by atomic mass is 79.9. The van der Waals surface area contributed by atoms with Crippen LogP contribution < -0.4 is 4.74 Å². The van der Waals surface area contributed by atoms with Crippen molar-refractivity contribution in [2.75, 3.05) is 0 Å². The zero-order chi connectivity index (χ0) is 14.5. The van der Waals surface area contributed by atoms with Gasteiger partial charge in [0.25, 0.3) is 5.69 Å². The maximum Gasteiger partial charge on any atom is 0.270 e. The Balaban J connectivity index is 2.13. The van der Waals surface area contributed by atoms with Gasteiger partial charge in [-0.2, -0.15) is 0 Å². The monoisotopic (exact) mass is 335 g/mol. The summed E-state index contributed by atoms with van der Waals surface area (Å²) in [5.74, 6) is 0.847. The third kappa shape index (κ3) is 3.36. The molecule has 0 unspecified atom stereocenters. The van der Waals surface area contributed by atoms with Crippen molar-refractivity contribution in [1.29, 1.82) is 0 Å². The Bertz CT molecular complexity index is 628. The van der Waals surface area contributed by atoms with Gasteiger partial charge in [0.15, 0.2) is 0 Å². The van der Waals surface area contributed by atoms with Crippen molar-refractivity contribution in [3.05, 3.63) is 68.2 Å². The summed E-state index contributed by atoms with van der Waals surface area (Å²) in [6.07, 6.45) is 0.900. The minimum Gasteiger partial charge on any atom is -0.489 e. The van der Waals surface area contributed by atoms with Gasteiger partial charge >= 0.3 is 0 Å². The molecule has 0 bridgehead atoms. The SMILES string of the molecule is CCc1ccccc1OCc1ccc([N+](=O)[O-])cc1Br. The lowest BCUT2D eigenvalue weighted by molar-refractivity contribution is -0.384. The fourth-order valence-electron chi connectivity index (χ4n) is 1.86. The van der Waals surface area contributed by atoms with Crippen molar-refractivity contribution >= 4 is 21.6 Å². The first-order valence-electron chi connectivity index (χ1n) is 6.25. The second-order valence-electron chi connectivity index (χ2n) is 4.28. The molecule has 0 atom stereocenters. The third-order valence-electron chi connectivity index (χ3n) is 2.98. The Hall–Kier alpha value is -1.88. The number of aryl methyl sites for hydroxylation is 1. The number of ether oxygens (including phenoxy) is 1. The minimum absolute atomic E-state index is 0.0644. The lowest BCUT2D eigenvalue weighted by Gasteiger charge is -2.11. The number of nitro benzene ring substituents is 1. The predicted molar refractivity (Wildman–Crippen MR) is 80.9 cm³/mol. The number of benzene rings is 2. The number of nitrogens with zero attached hydrogens (tertiary/aromatic N) is 1. The summed E-state index contributed by atoms with van der Waals surface area (Å²) >= 11 is 3.34.